The van der Waals surface area contributed by atoms with Gasteiger partial charge in [-0.3, -0.25) is 4.79 Å². The minimum atomic E-state index is -0.833. The number of hydrogen-bond acceptors (Lipinski definition) is 3. The Hall–Kier alpha value is -2.49. The lowest BCUT2D eigenvalue weighted by atomic mass is 10.0. The zero-order valence-electron chi connectivity index (χ0n) is 16.9. The Balaban J connectivity index is 0.000000401. The van der Waals surface area contributed by atoms with Gasteiger partial charge in [-0.05, 0) is 60.1 Å². The number of carboxylic acids is 1. The maximum Gasteiger partial charge on any atom is 0.300 e. The summed E-state index contributed by atoms with van der Waals surface area (Å²) in [6, 6.07) is 11.7. The molecule has 0 bridgehead atoms. The molecule has 0 aliphatic rings. The number of aliphatic carboxylic acids is 1. The lowest BCUT2D eigenvalue weighted by Crippen LogP contribution is -1.86. The van der Waals surface area contributed by atoms with Crippen LogP contribution in [0.15, 0.2) is 36.4 Å². The summed E-state index contributed by atoms with van der Waals surface area (Å²) in [7, 11) is 0. The molecule has 2 rings (SSSR count). The van der Waals surface area contributed by atoms with E-state index in [0.717, 1.165) is 18.1 Å². The molecule has 0 radical (unpaired) electrons. The molecule has 0 heterocycles. The fraction of sp³-hybridized carbons (Fsp3) is 0.409. The first kappa shape index (κ1) is 23.5. The molecule has 2 aromatic carbocycles. The Morgan fingerprint density at radius 3 is 1.23 bits per heavy atom. The van der Waals surface area contributed by atoms with E-state index in [0.29, 0.717) is 23.3 Å². The first-order valence-electron chi connectivity index (χ1n) is 8.74. The maximum atomic E-state index is 9.35. The van der Waals surface area contributed by atoms with Gasteiger partial charge in [0.2, 0.25) is 0 Å². The number of hydrogen-bond donors (Lipinski definition) is 3. The molecule has 0 amide bonds. The Kier molecular flexibility index (Phi) is 10.1. The average Bonchev–Trinajstić information content (AvgIpc) is 2.52. The lowest BCUT2D eigenvalue weighted by molar-refractivity contribution is -0.134. The van der Waals surface area contributed by atoms with Crippen molar-refractivity contribution in [3.05, 3.63) is 58.7 Å². The third kappa shape index (κ3) is 9.11. The number of phenols is 2. The van der Waals surface area contributed by atoms with Crippen LogP contribution in [0.25, 0.3) is 0 Å². The van der Waals surface area contributed by atoms with Crippen molar-refractivity contribution in [1.82, 2.24) is 0 Å². The number of carboxylic acid groups (broad SMARTS) is 1. The van der Waals surface area contributed by atoms with Crippen LogP contribution in [0, 0.1) is 13.8 Å². The van der Waals surface area contributed by atoms with Crippen LogP contribution in [0.2, 0.25) is 0 Å². The fourth-order valence-electron chi connectivity index (χ4n) is 1.97. The minimum Gasteiger partial charge on any atom is -0.508 e. The Morgan fingerprint density at radius 2 is 1.04 bits per heavy atom. The number of aryl methyl sites for hydroxylation is 2. The molecule has 0 aliphatic carbocycles. The number of phenolic OH excluding ortho intramolecular Hbond substituents is 2. The Labute approximate surface area is 157 Å². The molecule has 0 spiro atoms. The van der Waals surface area contributed by atoms with E-state index in [1.807, 2.05) is 38.1 Å². The second kappa shape index (κ2) is 11.2. The minimum absolute atomic E-state index is 0.399. The molecule has 4 nitrogen and oxygen atoms in total. The predicted octanol–water partition coefficient (Wildman–Crippen LogP) is 5.74. The lowest BCUT2D eigenvalue weighted by Gasteiger charge is -2.06. The van der Waals surface area contributed by atoms with Crippen LogP contribution in [0.5, 0.6) is 11.5 Å². The van der Waals surface area contributed by atoms with Crippen LogP contribution >= 0.6 is 0 Å². The maximum absolute atomic E-state index is 9.35. The van der Waals surface area contributed by atoms with Crippen molar-refractivity contribution in [3.63, 3.8) is 0 Å². The van der Waals surface area contributed by atoms with Crippen LogP contribution in [0.1, 0.15) is 68.7 Å². The van der Waals surface area contributed by atoms with Gasteiger partial charge in [-0.2, -0.15) is 0 Å². The van der Waals surface area contributed by atoms with Crippen LogP contribution in [0.3, 0.4) is 0 Å². The van der Waals surface area contributed by atoms with E-state index >= 15 is 0 Å². The number of carbonyl (C=O) groups is 1. The predicted molar refractivity (Wildman–Crippen MR) is 107 cm³/mol. The van der Waals surface area contributed by atoms with E-state index in [-0.39, 0.29) is 0 Å². The number of rotatable bonds is 2. The number of aromatic hydroxyl groups is 2. The van der Waals surface area contributed by atoms with Gasteiger partial charge in [0.25, 0.3) is 5.97 Å². The Morgan fingerprint density at radius 1 is 0.769 bits per heavy atom. The molecule has 4 heteroatoms. The third-order valence-corrected chi connectivity index (χ3v) is 3.80. The number of benzene rings is 2. The molecular weight excluding hydrogens is 328 g/mol. The quantitative estimate of drug-likeness (QED) is 0.638. The van der Waals surface area contributed by atoms with Gasteiger partial charge >= 0.3 is 0 Å². The van der Waals surface area contributed by atoms with Crippen molar-refractivity contribution >= 4 is 5.97 Å². The molecule has 0 saturated carbocycles. The summed E-state index contributed by atoms with van der Waals surface area (Å²) in [6.45, 7) is 13.3. The third-order valence-electron chi connectivity index (χ3n) is 3.80. The van der Waals surface area contributed by atoms with E-state index in [1.165, 1.54) is 11.1 Å². The highest BCUT2D eigenvalue weighted by atomic mass is 16.4. The van der Waals surface area contributed by atoms with E-state index < -0.39 is 5.97 Å². The largest absolute Gasteiger partial charge is 0.508 e. The molecule has 144 valence electrons. The molecule has 26 heavy (non-hydrogen) atoms. The second-order valence-corrected chi connectivity index (χ2v) is 6.92. The van der Waals surface area contributed by atoms with Gasteiger partial charge in [-0.25, -0.2) is 0 Å². The van der Waals surface area contributed by atoms with Gasteiger partial charge < -0.3 is 15.3 Å². The summed E-state index contributed by atoms with van der Waals surface area (Å²) in [4.78, 5) is 9.00. The van der Waals surface area contributed by atoms with Crippen molar-refractivity contribution in [2.45, 2.75) is 60.3 Å². The molecule has 0 fully saturated rings. The zero-order chi connectivity index (χ0) is 20.4. The Bertz CT molecular complexity index is 644. The summed E-state index contributed by atoms with van der Waals surface area (Å²) in [5.74, 6) is 0.940. The van der Waals surface area contributed by atoms with E-state index in [4.69, 9.17) is 9.90 Å². The highest BCUT2D eigenvalue weighted by molar-refractivity contribution is 5.62. The van der Waals surface area contributed by atoms with Crippen LogP contribution < -0.4 is 0 Å². The first-order valence-corrected chi connectivity index (χ1v) is 8.74. The summed E-state index contributed by atoms with van der Waals surface area (Å²) < 4.78 is 0. The van der Waals surface area contributed by atoms with Crippen LogP contribution in [-0.4, -0.2) is 21.3 Å². The zero-order valence-corrected chi connectivity index (χ0v) is 16.9. The molecular formula is C22H32O4. The topological polar surface area (TPSA) is 77.8 Å². The fourth-order valence-corrected chi connectivity index (χ4v) is 1.97. The van der Waals surface area contributed by atoms with Gasteiger partial charge in [-0.15, -0.1) is 0 Å². The first-order chi connectivity index (χ1) is 12.0. The highest BCUT2D eigenvalue weighted by Crippen LogP contribution is 2.23. The van der Waals surface area contributed by atoms with Crippen molar-refractivity contribution in [1.29, 1.82) is 0 Å². The molecule has 0 unspecified atom stereocenters. The van der Waals surface area contributed by atoms with E-state index in [2.05, 4.69) is 39.8 Å². The van der Waals surface area contributed by atoms with E-state index in [9.17, 15) is 10.2 Å². The summed E-state index contributed by atoms with van der Waals surface area (Å²) in [6.07, 6.45) is 0. The monoisotopic (exact) mass is 360 g/mol. The van der Waals surface area contributed by atoms with Crippen molar-refractivity contribution < 1.29 is 20.1 Å². The van der Waals surface area contributed by atoms with Gasteiger partial charge in [0.05, 0.1) is 0 Å². The molecule has 0 saturated heterocycles. The van der Waals surface area contributed by atoms with Crippen LogP contribution in [0.4, 0.5) is 0 Å². The van der Waals surface area contributed by atoms with Gasteiger partial charge in [0, 0.05) is 6.92 Å². The summed E-state index contributed by atoms with van der Waals surface area (Å²) >= 11 is 0. The normalized spacial score (nSPS) is 9.88. The highest BCUT2D eigenvalue weighted by Gasteiger charge is 2.01. The molecule has 0 atom stereocenters. The molecule has 0 aromatic heterocycles. The second-order valence-electron chi connectivity index (χ2n) is 6.92. The SMILES string of the molecule is CC(=O)O.Cc1ccc(C(C)C)cc1O.Cc1ccc(C(C)C)cc1O. The molecule has 3 N–H and O–H groups in total. The van der Waals surface area contributed by atoms with Gasteiger partial charge in [0.1, 0.15) is 11.5 Å². The van der Waals surface area contributed by atoms with E-state index in [1.54, 1.807) is 0 Å². The van der Waals surface area contributed by atoms with Gasteiger partial charge in [0.15, 0.2) is 0 Å². The summed E-state index contributed by atoms with van der Waals surface area (Å²) in [5.41, 5.74) is 4.25. The van der Waals surface area contributed by atoms with Crippen molar-refractivity contribution in [2.75, 3.05) is 0 Å². The van der Waals surface area contributed by atoms with Crippen molar-refractivity contribution in [2.24, 2.45) is 0 Å². The summed E-state index contributed by atoms with van der Waals surface area (Å²) in [5, 5.41) is 26.1. The van der Waals surface area contributed by atoms with Crippen LogP contribution in [-0.2, 0) is 4.79 Å². The van der Waals surface area contributed by atoms with Crippen molar-refractivity contribution in [3.8, 4) is 11.5 Å². The average molecular weight is 360 g/mol. The smallest absolute Gasteiger partial charge is 0.300 e. The molecule has 0 aliphatic heterocycles. The molecule has 2 aromatic rings. The van der Waals surface area contributed by atoms with Gasteiger partial charge in [-0.1, -0.05) is 52.0 Å². The standard InChI is InChI=1S/2C10H14O.C2H4O2/c2*1-7(2)9-5-4-8(3)10(11)6-9;1-2(3)4/h2*4-7,11H,1-3H3;1H3,(H,3,4).